The summed E-state index contributed by atoms with van der Waals surface area (Å²) in [6, 6.07) is 0. The minimum atomic E-state index is -9.04. The molecular weight excluding hydrogens is 524 g/mol. The molecular formula is C12F20. The molecule has 0 saturated heterocycles. The highest BCUT2D eigenvalue weighted by atomic mass is 19.4. The lowest BCUT2D eigenvalue weighted by molar-refractivity contribution is -0.635. The van der Waals surface area contributed by atoms with E-state index in [4.69, 9.17) is 0 Å². The van der Waals surface area contributed by atoms with Crippen molar-refractivity contribution < 1.29 is 87.8 Å². The quantitative estimate of drug-likeness (QED) is 0.334. The van der Waals surface area contributed by atoms with Crippen LogP contribution in [0.3, 0.4) is 0 Å². The van der Waals surface area contributed by atoms with Gasteiger partial charge in [0.1, 0.15) is 0 Å². The van der Waals surface area contributed by atoms with Gasteiger partial charge >= 0.3 is 53.3 Å². The molecule has 4 saturated carbocycles. The van der Waals surface area contributed by atoms with E-state index in [9.17, 15) is 87.8 Å². The molecule has 0 aromatic carbocycles. The molecule has 0 aromatic heterocycles. The van der Waals surface area contributed by atoms with Crippen molar-refractivity contribution in [3.05, 3.63) is 0 Å². The molecule has 4 aliphatic carbocycles. The van der Waals surface area contributed by atoms with Crippen LogP contribution in [0.1, 0.15) is 0 Å². The molecule has 0 nitrogen and oxygen atoms in total. The summed E-state index contributed by atoms with van der Waals surface area (Å²) in [5.74, 6) is -43.1. The number of hydrogen-bond donors (Lipinski definition) is 0. The number of alkyl halides is 20. The summed E-state index contributed by atoms with van der Waals surface area (Å²) < 4.78 is 279. The molecule has 0 spiro atoms. The molecule has 4 rings (SSSR count). The maximum atomic E-state index is 14.9. The first-order chi connectivity index (χ1) is 13.5. The lowest BCUT2D eigenvalue weighted by atomic mass is 9.33. The van der Waals surface area contributed by atoms with E-state index in [1.54, 1.807) is 0 Å². The minimum absolute atomic E-state index is 8.37. The van der Waals surface area contributed by atoms with E-state index in [2.05, 4.69) is 0 Å². The molecule has 0 heterocycles. The highest BCUT2D eigenvalue weighted by molar-refractivity contribution is 5.55. The zero-order valence-corrected chi connectivity index (χ0v) is 13.6. The second-order valence-corrected chi connectivity index (χ2v) is 7.25. The second kappa shape index (κ2) is 4.86. The Morgan fingerprint density at radius 2 is 0.438 bits per heavy atom. The van der Waals surface area contributed by atoms with Crippen molar-refractivity contribution >= 4 is 0 Å². The van der Waals surface area contributed by atoms with Crippen LogP contribution in [0.25, 0.3) is 0 Å². The maximum absolute atomic E-state index is 14.9. The Kier molecular flexibility index (Phi) is 3.83. The Morgan fingerprint density at radius 3 is 0.594 bits per heavy atom. The molecule has 32 heavy (non-hydrogen) atoms. The Morgan fingerprint density at radius 1 is 0.281 bits per heavy atom. The number of rotatable bonds is 0. The van der Waals surface area contributed by atoms with Crippen LogP contribution >= 0.6 is 0 Å². The van der Waals surface area contributed by atoms with Gasteiger partial charge in [-0.2, -0.15) is 70.2 Å². The molecule has 0 aromatic rings. The zero-order valence-electron chi connectivity index (χ0n) is 13.6. The van der Waals surface area contributed by atoms with Gasteiger partial charge in [-0.15, -0.1) is 0 Å². The van der Waals surface area contributed by atoms with E-state index in [1.165, 1.54) is 0 Å². The summed E-state index contributed by atoms with van der Waals surface area (Å²) in [5.41, 5.74) is -43.6. The van der Waals surface area contributed by atoms with Crippen molar-refractivity contribution in [2.75, 3.05) is 0 Å². The van der Waals surface area contributed by atoms with E-state index < -0.39 is 70.1 Å². The second-order valence-electron chi connectivity index (χ2n) is 7.25. The fraction of sp³-hybridized carbons (Fsp3) is 1.00. The Hall–Kier alpha value is -1.40. The zero-order chi connectivity index (χ0) is 26.0. The van der Waals surface area contributed by atoms with Gasteiger partial charge in [-0.05, 0) is 0 Å². The monoisotopic (exact) mass is 524 g/mol. The van der Waals surface area contributed by atoms with E-state index in [0.29, 0.717) is 0 Å². The van der Waals surface area contributed by atoms with Crippen molar-refractivity contribution in [2.24, 2.45) is 5.41 Å². The molecule has 0 amide bonds. The lowest BCUT2D eigenvalue weighted by Gasteiger charge is -2.76. The van der Waals surface area contributed by atoms with E-state index in [0.717, 1.165) is 0 Å². The summed E-state index contributed by atoms with van der Waals surface area (Å²) in [5, 5.41) is 0. The summed E-state index contributed by atoms with van der Waals surface area (Å²) in [4.78, 5) is 0. The predicted molar refractivity (Wildman–Crippen MR) is 54.6 cm³/mol. The van der Waals surface area contributed by atoms with Crippen LogP contribution in [0.5, 0.6) is 0 Å². The molecule has 188 valence electrons. The lowest BCUT2D eigenvalue weighted by Crippen LogP contribution is -3.10. The SMILES string of the molecule is FC(F)(F)C1(C(F)(F)F)C2(F)C(F)(F)C3(F)C(F)(F)C(F)(C2(F)F)C(F)(F)C1(F)C3(F)F. The third-order valence-corrected chi connectivity index (χ3v) is 6.21. The van der Waals surface area contributed by atoms with E-state index >= 15 is 0 Å². The smallest absolute Gasteiger partial charge is 0.229 e. The van der Waals surface area contributed by atoms with Gasteiger partial charge in [0.05, 0.1) is 0 Å². The Labute approximate surface area is 159 Å². The fourth-order valence-corrected chi connectivity index (χ4v) is 4.89. The first-order valence-corrected chi connectivity index (χ1v) is 7.28. The van der Waals surface area contributed by atoms with E-state index in [1.807, 2.05) is 0 Å². The van der Waals surface area contributed by atoms with Gasteiger partial charge in [-0.25, -0.2) is 17.6 Å². The molecule has 0 N–H and O–H groups in total. The highest BCUT2D eigenvalue weighted by Crippen LogP contribution is 2.93. The van der Waals surface area contributed by atoms with Crippen LogP contribution in [0, 0.1) is 5.41 Å². The summed E-state index contributed by atoms with van der Waals surface area (Å²) >= 11 is 0. The molecule has 0 aliphatic heterocycles. The maximum Gasteiger partial charge on any atom is 0.410 e. The van der Waals surface area contributed by atoms with Crippen LogP contribution in [-0.4, -0.2) is 64.6 Å². The van der Waals surface area contributed by atoms with Crippen LogP contribution in [0.2, 0.25) is 0 Å². The van der Waals surface area contributed by atoms with Crippen LogP contribution in [0.15, 0.2) is 0 Å². The Bertz CT molecular complexity index is 768. The van der Waals surface area contributed by atoms with Gasteiger partial charge in [0.2, 0.25) is 0 Å². The van der Waals surface area contributed by atoms with Crippen molar-refractivity contribution in [1.29, 1.82) is 0 Å². The average Bonchev–Trinajstić information content (AvgIpc) is 2.53. The summed E-state index contributed by atoms with van der Waals surface area (Å²) in [6.07, 6.45) is -17.5. The molecule has 0 unspecified atom stereocenters. The molecule has 4 bridgehead atoms. The third kappa shape index (κ3) is 1.40. The van der Waals surface area contributed by atoms with Crippen molar-refractivity contribution in [3.63, 3.8) is 0 Å². The topological polar surface area (TPSA) is 0 Å². The first-order valence-electron chi connectivity index (χ1n) is 7.28. The van der Waals surface area contributed by atoms with Crippen LogP contribution in [-0.2, 0) is 0 Å². The molecule has 20 heteroatoms. The Balaban J connectivity index is 2.88. The van der Waals surface area contributed by atoms with Gasteiger partial charge in [-0.1, -0.05) is 0 Å². The summed E-state index contributed by atoms with van der Waals surface area (Å²) in [6.45, 7) is 0. The largest absolute Gasteiger partial charge is 0.410 e. The van der Waals surface area contributed by atoms with Crippen LogP contribution < -0.4 is 0 Å². The molecule has 4 fully saturated rings. The van der Waals surface area contributed by atoms with Crippen molar-refractivity contribution in [1.82, 2.24) is 0 Å². The van der Waals surface area contributed by atoms with Crippen LogP contribution in [0.4, 0.5) is 87.8 Å². The molecule has 0 radical (unpaired) electrons. The average molecular weight is 524 g/mol. The van der Waals surface area contributed by atoms with Gasteiger partial charge < -0.3 is 0 Å². The normalized spacial score (nSPS) is 46.9. The minimum Gasteiger partial charge on any atom is -0.229 e. The fourth-order valence-electron chi connectivity index (χ4n) is 4.89. The van der Waals surface area contributed by atoms with E-state index in [-0.39, 0.29) is 0 Å². The third-order valence-electron chi connectivity index (χ3n) is 6.21. The molecule has 4 aliphatic rings. The first kappa shape index (κ1) is 25.2. The van der Waals surface area contributed by atoms with Gasteiger partial charge in [-0.3, -0.25) is 0 Å². The van der Waals surface area contributed by atoms with Crippen molar-refractivity contribution in [2.45, 2.75) is 64.6 Å². The summed E-state index contributed by atoms with van der Waals surface area (Å²) in [7, 11) is 0. The van der Waals surface area contributed by atoms with Gasteiger partial charge in [0, 0.05) is 0 Å². The predicted octanol–water partition coefficient (Wildman–Crippen LogP) is 6.15. The standard InChI is InChI=1S/C12F20/c13-2-1(11(27,28)29,12(30,31)32)3(14)8(21,22)4(15,6(2,17)18)10(25,26)5(16,7(2,19)20)9(3,23)24. The highest BCUT2D eigenvalue weighted by Gasteiger charge is 3.26. The number of halogens is 20. The van der Waals surface area contributed by atoms with Gasteiger partial charge in [0.25, 0.3) is 16.8 Å². The number of hydrogen-bond acceptors (Lipinski definition) is 0. The van der Waals surface area contributed by atoms with Crippen molar-refractivity contribution in [3.8, 4) is 0 Å². The van der Waals surface area contributed by atoms with Gasteiger partial charge in [0.15, 0.2) is 0 Å². The molecule has 0 atom stereocenters.